The first-order valence-corrected chi connectivity index (χ1v) is 6.70. The monoisotopic (exact) mass is 284 g/mol. The van der Waals surface area contributed by atoms with Gasteiger partial charge in [0.25, 0.3) is 0 Å². The van der Waals surface area contributed by atoms with Crippen molar-refractivity contribution < 1.29 is 0 Å². The highest BCUT2D eigenvalue weighted by Crippen LogP contribution is 2.25. The molecule has 0 unspecified atom stereocenters. The lowest BCUT2D eigenvalue weighted by atomic mass is 9.91. The number of tetrazole rings is 1. The number of para-hydroxylation sites is 1. The van der Waals surface area contributed by atoms with Gasteiger partial charge in [-0.3, -0.25) is 0 Å². The lowest BCUT2D eigenvalue weighted by Crippen LogP contribution is -2.25. The van der Waals surface area contributed by atoms with Gasteiger partial charge in [-0.2, -0.15) is 4.68 Å². The second kappa shape index (κ2) is 5.67. The maximum absolute atomic E-state index is 5.96. The van der Waals surface area contributed by atoms with Crippen molar-refractivity contribution in [3.8, 4) is 5.69 Å². The Labute approximate surface area is 116 Å². The van der Waals surface area contributed by atoms with E-state index in [0.717, 1.165) is 11.5 Å². The number of hydrogen-bond acceptors (Lipinski definition) is 3. The molecule has 0 saturated carbocycles. The van der Waals surface area contributed by atoms with Gasteiger partial charge in [-0.15, -0.1) is 28.3 Å². The number of alkyl halides is 2. The lowest BCUT2D eigenvalue weighted by molar-refractivity contribution is 0.409. The Hall–Kier alpha value is -1.13. The molecule has 0 aliphatic heterocycles. The van der Waals surface area contributed by atoms with Crippen LogP contribution in [0.5, 0.6) is 0 Å². The summed E-state index contributed by atoms with van der Waals surface area (Å²) in [5.74, 6) is 1.71. The van der Waals surface area contributed by atoms with Crippen molar-refractivity contribution in [2.24, 2.45) is 5.41 Å². The van der Waals surface area contributed by atoms with E-state index in [-0.39, 0.29) is 5.41 Å². The van der Waals surface area contributed by atoms with E-state index >= 15 is 0 Å². The van der Waals surface area contributed by atoms with Gasteiger partial charge < -0.3 is 0 Å². The smallest absolute Gasteiger partial charge is 0.157 e. The van der Waals surface area contributed by atoms with Crippen LogP contribution in [0.4, 0.5) is 0 Å². The molecule has 6 heteroatoms. The molecule has 2 rings (SSSR count). The van der Waals surface area contributed by atoms with Gasteiger partial charge in [0.05, 0.1) is 5.69 Å². The fourth-order valence-corrected chi connectivity index (χ4v) is 2.07. The largest absolute Gasteiger partial charge is 0.197 e. The molecule has 0 spiro atoms. The van der Waals surface area contributed by atoms with Gasteiger partial charge in [-0.25, -0.2) is 0 Å². The van der Waals surface area contributed by atoms with Crippen LogP contribution in [-0.2, 0) is 6.42 Å². The summed E-state index contributed by atoms with van der Waals surface area (Å²) >= 11 is 11.9. The normalized spacial score (nSPS) is 11.7. The average molecular weight is 285 g/mol. The second-order valence-electron chi connectivity index (χ2n) is 4.60. The third-order valence-electron chi connectivity index (χ3n) is 2.76. The fourth-order valence-electron chi connectivity index (χ4n) is 1.60. The number of aromatic nitrogens is 4. The molecule has 0 atom stereocenters. The van der Waals surface area contributed by atoms with Crippen molar-refractivity contribution in [2.45, 2.75) is 13.3 Å². The van der Waals surface area contributed by atoms with Gasteiger partial charge in [0, 0.05) is 23.6 Å². The molecular weight excluding hydrogens is 271 g/mol. The molecule has 1 aromatic carbocycles. The fraction of sp³-hybridized carbons (Fsp3) is 0.417. The summed E-state index contributed by atoms with van der Waals surface area (Å²) in [4.78, 5) is 0. The van der Waals surface area contributed by atoms with E-state index in [0.29, 0.717) is 18.2 Å². The predicted molar refractivity (Wildman–Crippen MR) is 72.4 cm³/mol. The van der Waals surface area contributed by atoms with E-state index in [1.807, 2.05) is 37.3 Å². The van der Waals surface area contributed by atoms with Crippen LogP contribution in [0.3, 0.4) is 0 Å². The Balaban J connectivity index is 2.29. The first kappa shape index (κ1) is 13.3. The van der Waals surface area contributed by atoms with Crippen molar-refractivity contribution in [2.75, 3.05) is 11.8 Å². The van der Waals surface area contributed by atoms with E-state index in [4.69, 9.17) is 23.2 Å². The van der Waals surface area contributed by atoms with Gasteiger partial charge in [0.2, 0.25) is 0 Å². The highest BCUT2D eigenvalue weighted by atomic mass is 35.5. The minimum atomic E-state index is -0.204. The third-order valence-corrected chi connectivity index (χ3v) is 4.06. The molecular formula is C12H14Cl2N4. The standard InChI is InChI=1S/C12H14Cl2N4/c1-12(8-13,9-14)7-11-15-16-17-18(11)10-5-3-2-4-6-10/h2-6H,7-9H2,1H3. The highest BCUT2D eigenvalue weighted by Gasteiger charge is 2.26. The Morgan fingerprint density at radius 3 is 2.44 bits per heavy atom. The SMILES string of the molecule is CC(CCl)(CCl)Cc1nnnn1-c1ccccc1. The Kier molecular flexibility index (Phi) is 4.19. The van der Waals surface area contributed by atoms with Crippen LogP contribution in [0, 0.1) is 5.41 Å². The summed E-state index contributed by atoms with van der Waals surface area (Å²) in [7, 11) is 0. The van der Waals surface area contributed by atoms with Crippen LogP contribution in [0.2, 0.25) is 0 Å². The van der Waals surface area contributed by atoms with E-state index in [2.05, 4.69) is 15.5 Å². The first-order chi connectivity index (χ1) is 8.68. The van der Waals surface area contributed by atoms with Crippen LogP contribution in [-0.4, -0.2) is 32.0 Å². The Bertz CT molecular complexity index is 494. The average Bonchev–Trinajstić information content (AvgIpc) is 2.87. The maximum Gasteiger partial charge on any atom is 0.157 e. The first-order valence-electron chi connectivity index (χ1n) is 5.63. The quantitative estimate of drug-likeness (QED) is 0.793. The molecule has 1 heterocycles. The predicted octanol–water partition coefficient (Wildman–Crippen LogP) is 2.69. The van der Waals surface area contributed by atoms with Gasteiger partial charge in [0.15, 0.2) is 5.82 Å². The molecule has 96 valence electrons. The zero-order valence-corrected chi connectivity index (χ0v) is 11.6. The zero-order valence-electron chi connectivity index (χ0n) is 10.1. The van der Waals surface area contributed by atoms with E-state index in [9.17, 15) is 0 Å². The molecule has 4 nitrogen and oxygen atoms in total. The number of hydrogen-bond donors (Lipinski definition) is 0. The summed E-state index contributed by atoms with van der Waals surface area (Å²) in [6.07, 6.45) is 0.641. The molecule has 0 fully saturated rings. The number of halogens is 2. The van der Waals surface area contributed by atoms with E-state index < -0.39 is 0 Å². The molecule has 0 amide bonds. The van der Waals surface area contributed by atoms with Gasteiger partial charge >= 0.3 is 0 Å². The third kappa shape index (κ3) is 2.82. The van der Waals surface area contributed by atoms with Crippen molar-refractivity contribution in [1.82, 2.24) is 20.2 Å². The number of rotatable bonds is 5. The summed E-state index contributed by atoms with van der Waals surface area (Å²) in [6, 6.07) is 9.76. The summed E-state index contributed by atoms with van der Waals surface area (Å²) in [5.41, 5.74) is 0.730. The summed E-state index contributed by atoms with van der Waals surface area (Å²) in [6.45, 7) is 2.02. The lowest BCUT2D eigenvalue weighted by Gasteiger charge is -2.23. The van der Waals surface area contributed by atoms with E-state index in [1.54, 1.807) is 4.68 Å². The summed E-state index contributed by atoms with van der Waals surface area (Å²) in [5, 5.41) is 11.8. The molecule has 0 N–H and O–H groups in total. The van der Waals surface area contributed by atoms with E-state index in [1.165, 1.54) is 0 Å². The molecule has 2 aromatic rings. The molecule has 0 bridgehead atoms. The van der Waals surface area contributed by atoms with Crippen molar-refractivity contribution >= 4 is 23.2 Å². The van der Waals surface area contributed by atoms with Crippen LogP contribution in [0.25, 0.3) is 5.69 Å². The number of nitrogens with zero attached hydrogens (tertiary/aromatic N) is 4. The minimum Gasteiger partial charge on any atom is -0.197 e. The molecule has 0 radical (unpaired) electrons. The zero-order chi connectivity index (χ0) is 13.0. The topological polar surface area (TPSA) is 43.6 Å². The molecule has 18 heavy (non-hydrogen) atoms. The van der Waals surface area contributed by atoms with Crippen LogP contribution >= 0.6 is 23.2 Å². The van der Waals surface area contributed by atoms with Crippen LogP contribution in [0.1, 0.15) is 12.7 Å². The molecule has 0 aliphatic carbocycles. The van der Waals surface area contributed by atoms with Crippen molar-refractivity contribution in [3.63, 3.8) is 0 Å². The Morgan fingerprint density at radius 2 is 1.83 bits per heavy atom. The second-order valence-corrected chi connectivity index (χ2v) is 5.13. The van der Waals surface area contributed by atoms with Crippen LogP contribution < -0.4 is 0 Å². The molecule has 0 aliphatic rings. The minimum absolute atomic E-state index is 0.204. The van der Waals surface area contributed by atoms with Crippen molar-refractivity contribution in [1.29, 1.82) is 0 Å². The van der Waals surface area contributed by atoms with Gasteiger partial charge in [0.1, 0.15) is 0 Å². The van der Waals surface area contributed by atoms with Gasteiger partial charge in [-0.05, 0) is 22.6 Å². The number of benzene rings is 1. The highest BCUT2D eigenvalue weighted by molar-refractivity contribution is 6.21. The van der Waals surface area contributed by atoms with Crippen LogP contribution in [0.15, 0.2) is 30.3 Å². The molecule has 1 aromatic heterocycles. The molecule has 0 saturated heterocycles. The maximum atomic E-state index is 5.96. The van der Waals surface area contributed by atoms with Crippen molar-refractivity contribution in [3.05, 3.63) is 36.2 Å². The summed E-state index contributed by atoms with van der Waals surface area (Å²) < 4.78 is 1.72. The Morgan fingerprint density at radius 1 is 1.17 bits per heavy atom. The van der Waals surface area contributed by atoms with Gasteiger partial charge in [-0.1, -0.05) is 25.1 Å².